The van der Waals surface area contributed by atoms with Gasteiger partial charge in [-0.1, -0.05) is 13.8 Å². The lowest BCUT2D eigenvalue weighted by Gasteiger charge is -2.42. The van der Waals surface area contributed by atoms with E-state index >= 15 is 0 Å². The summed E-state index contributed by atoms with van der Waals surface area (Å²) in [6.07, 6.45) is -8.62. The first-order valence-corrected chi connectivity index (χ1v) is 8.40. The van der Waals surface area contributed by atoms with Gasteiger partial charge >= 0.3 is 53.9 Å². The molecule has 1 unspecified atom stereocenters. The van der Waals surface area contributed by atoms with E-state index in [2.05, 4.69) is 4.74 Å². The molecule has 33 heavy (non-hydrogen) atoms. The minimum Gasteiger partial charge on any atom is -0.465 e. The summed E-state index contributed by atoms with van der Waals surface area (Å²) in [6, 6.07) is 0. The van der Waals surface area contributed by atoms with E-state index in [1.165, 1.54) is 6.92 Å². The monoisotopic (exact) mass is 530 g/mol. The molecule has 18 heteroatoms. The standard InChI is InChI=1S/C15H14F16O2/c1-3-6(2)7(32)33-5-4-9(18,19)11(22,23)13(26,27)15(30,31)14(28,29)12(24,25)10(20,21)8(16)17/h6,8H,3-5H2,1-2H3. The van der Waals surface area contributed by atoms with E-state index < -0.39 is 72.8 Å². The fraction of sp³-hybridized carbons (Fsp3) is 0.933. The minimum absolute atomic E-state index is 0.00221. The molecule has 0 aliphatic rings. The molecule has 0 aromatic heterocycles. The molecule has 0 N–H and O–H groups in total. The van der Waals surface area contributed by atoms with Crippen LogP contribution in [0.1, 0.15) is 26.7 Å². The quantitative estimate of drug-likeness (QED) is 0.208. The van der Waals surface area contributed by atoms with E-state index in [1.807, 2.05) is 0 Å². The lowest BCUT2D eigenvalue weighted by molar-refractivity contribution is -0.447. The number of carbonyl (C=O) groups excluding carboxylic acids is 1. The number of esters is 1. The highest BCUT2D eigenvalue weighted by Crippen LogP contribution is 2.63. The van der Waals surface area contributed by atoms with Gasteiger partial charge in [0, 0.05) is 0 Å². The average Bonchev–Trinajstić information content (AvgIpc) is 2.65. The molecular formula is C15H14F16O2. The Morgan fingerprint density at radius 2 is 1.06 bits per heavy atom. The van der Waals surface area contributed by atoms with Crippen molar-refractivity contribution in [2.45, 2.75) is 74.6 Å². The van der Waals surface area contributed by atoms with Gasteiger partial charge in [-0.15, -0.1) is 0 Å². The van der Waals surface area contributed by atoms with Crippen LogP contribution in [0.5, 0.6) is 0 Å². The second-order valence-corrected chi connectivity index (χ2v) is 6.73. The van der Waals surface area contributed by atoms with Crippen molar-refractivity contribution in [3.63, 3.8) is 0 Å². The Hall–Kier alpha value is -1.65. The zero-order valence-corrected chi connectivity index (χ0v) is 16.1. The summed E-state index contributed by atoms with van der Waals surface area (Å²) in [6.45, 7) is 0.607. The number of rotatable bonds is 12. The predicted molar refractivity (Wildman–Crippen MR) is 75.7 cm³/mol. The number of carbonyl (C=O) groups is 1. The normalized spacial score (nSPS) is 16.2. The van der Waals surface area contributed by atoms with Gasteiger partial charge in [-0.2, -0.15) is 61.5 Å². The number of hydrogen-bond acceptors (Lipinski definition) is 2. The smallest absolute Gasteiger partial charge is 0.384 e. The third-order valence-electron chi connectivity index (χ3n) is 4.40. The summed E-state index contributed by atoms with van der Waals surface area (Å²) in [5.74, 6) is -57.2. The van der Waals surface area contributed by atoms with Gasteiger partial charge in [-0.25, -0.2) is 8.78 Å². The molecule has 0 fully saturated rings. The van der Waals surface area contributed by atoms with Crippen molar-refractivity contribution in [2.24, 2.45) is 5.92 Å². The molecule has 0 spiro atoms. The lowest BCUT2D eigenvalue weighted by Crippen LogP contribution is -2.73. The van der Waals surface area contributed by atoms with Crippen molar-refractivity contribution in [1.82, 2.24) is 0 Å². The highest BCUT2D eigenvalue weighted by atomic mass is 19.4. The number of hydrogen-bond donors (Lipinski definition) is 0. The van der Waals surface area contributed by atoms with Crippen LogP contribution in [-0.4, -0.2) is 60.5 Å². The van der Waals surface area contributed by atoms with Gasteiger partial charge in [-0.3, -0.25) is 4.79 Å². The van der Waals surface area contributed by atoms with Crippen LogP contribution >= 0.6 is 0 Å². The van der Waals surface area contributed by atoms with Crippen molar-refractivity contribution in [1.29, 1.82) is 0 Å². The maximum absolute atomic E-state index is 13.6. The van der Waals surface area contributed by atoms with Crippen molar-refractivity contribution < 1.29 is 79.8 Å². The van der Waals surface area contributed by atoms with Gasteiger partial charge < -0.3 is 4.74 Å². The van der Waals surface area contributed by atoms with E-state index in [4.69, 9.17) is 0 Å². The lowest BCUT2D eigenvalue weighted by atomic mass is 9.88. The highest BCUT2D eigenvalue weighted by molar-refractivity contribution is 5.71. The summed E-state index contributed by atoms with van der Waals surface area (Å²) in [7, 11) is 0. The molecule has 198 valence electrons. The molecule has 0 saturated heterocycles. The molecule has 2 nitrogen and oxygen atoms in total. The SMILES string of the molecule is CCC(C)C(=O)OCCC(F)(F)C(F)(F)C(F)(F)C(F)(F)C(F)(F)C(F)(F)C(F)(F)C(F)F. The first-order chi connectivity index (χ1) is 14.3. The maximum Gasteiger partial charge on any atom is 0.384 e. The van der Waals surface area contributed by atoms with Gasteiger partial charge in [-0.05, 0) is 6.42 Å². The molecular weight excluding hydrogens is 516 g/mol. The average molecular weight is 530 g/mol. The van der Waals surface area contributed by atoms with E-state index in [0.29, 0.717) is 0 Å². The Balaban J connectivity index is 6.17. The van der Waals surface area contributed by atoms with Crippen LogP contribution in [0, 0.1) is 5.92 Å². The number of halogens is 16. The molecule has 0 heterocycles. The van der Waals surface area contributed by atoms with Crippen LogP contribution in [0.3, 0.4) is 0 Å². The summed E-state index contributed by atoms with van der Waals surface area (Å²) in [5, 5.41) is 0. The van der Waals surface area contributed by atoms with E-state index in [9.17, 15) is 75.0 Å². The molecule has 0 rings (SSSR count). The van der Waals surface area contributed by atoms with Crippen LogP contribution in [-0.2, 0) is 9.53 Å². The fourth-order valence-electron chi connectivity index (χ4n) is 1.91. The van der Waals surface area contributed by atoms with Crippen LogP contribution in [0.4, 0.5) is 70.2 Å². The molecule has 0 saturated carbocycles. The van der Waals surface area contributed by atoms with Crippen molar-refractivity contribution >= 4 is 5.97 Å². The molecule has 0 aromatic rings. The number of alkyl halides is 16. The Kier molecular flexibility index (Phi) is 8.73. The van der Waals surface area contributed by atoms with Crippen LogP contribution in [0.25, 0.3) is 0 Å². The van der Waals surface area contributed by atoms with E-state index in [0.717, 1.165) is 6.92 Å². The van der Waals surface area contributed by atoms with Crippen molar-refractivity contribution in [3.8, 4) is 0 Å². The zero-order chi connectivity index (χ0) is 27.1. The Bertz CT molecular complexity index is 687. The Morgan fingerprint density at radius 1 is 0.697 bits per heavy atom. The predicted octanol–water partition coefficient (Wildman–Crippen LogP) is 6.68. The largest absolute Gasteiger partial charge is 0.465 e. The van der Waals surface area contributed by atoms with Gasteiger partial charge in [0.25, 0.3) is 0 Å². The molecule has 0 aliphatic carbocycles. The molecule has 0 aromatic carbocycles. The van der Waals surface area contributed by atoms with Gasteiger partial charge in [0.2, 0.25) is 0 Å². The Labute approximate surface area is 174 Å². The first kappa shape index (κ1) is 31.4. The second-order valence-electron chi connectivity index (χ2n) is 6.73. The van der Waals surface area contributed by atoms with Crippen LogP contribution in [0.15, 0.2) is 0 Å². The van der Waals surface area contributed by atoms with Crippen LogP contribution < -0.4 is 0 Å². The number of ether oxygens (including phenoxy) is 1. The van der Waals surface area contributed by atoms with Gasteiger partial charge in [0.1, 0.15) is 0 Å². The van der Waals surface area contributed by atoms with E-state index in [-0.39, 0.29) is 6.42 Å². The summed E-state index contributed by atoms with van der Waals surface area (Å²) in [5.41, 5.74) is 0. The third kappa shape index (κ3) is 4.79. The summed E-state index contributed by atoms with van der Waals surface area (Å²) < 4.78 is 214. The first-order valence-electron chi connectivity index (χ1n) is 8.40. The van der Waals surface area contributed by atoms with Crippen LogP contribution in [0.2, 0.25) is 0 Å². The molecule has 0 radical (unpaired) electrons. The topological polar surface area (TPSA) is 26.3 Å². The summed E-state index contributed by atoms with van der Waals surface area (Å²) in [4.78, 5) is 11.2. The minimum atomic E-state index is -8.43. The molecule has 0 bridgehead atoms. The highest BCUT2D eigenvalue weighted by Gasteiger charge is 2.93. The van der Waals surface area contributed by atoms with E-state index in [1.54, 1.807) is 0 Å². The summed E-state index contributed by atoms with van der Waals surface area (Å²) >= 11 is 0. The Morgan fingerprint density at radius 3 is 1.42 bits per heavy atom. The van der Waals surface area contributed by atoms with Gasteiger partial charge in [0.05, 0.1) is 18.9 Å². The molecule has 1 atom stereocenters. The van der Waals surface area contributed by atoms with Crippen molar-refractivity contribution in [3.05, 3.63) is 0 Å². The molecule has 0 amide bonds. The fourth-order valence-corrected chi connectivity index (χ4v) is 1.91. The maximum atomic E-state index is 13.6. The zero-order valence-electron chi connectivity index (χ0n) is 16.1. The second kappa shape index (κ2) is 9.19. The van der Waals surface area contributed by atoms with Crippen molar-refractivity contribution in [2.75, 3.05) is 6.61 Å². The van der Waals surface area contributed by atoms with Gasteiger partial charge in [0.15, 0.2) is 0 Å². The molecule has 0 aliphatic heterocycles. The third-order valence-corrected chi connectivity index (χ3v) is 4.40.